The highest BCUT2D eigenvalue weighted by molar-refractivity contribution is 5.77. The average molecular weight is 323 g/mol. The number of hydrogen-bond acceptors (Lipinski definition) is 3. The first-order valence-corrected chi connectivity index (χ1v) is 8.66. The second-order valence-electron chi connectivity index (χ2n) is 6.67. The summed E-state index contributed by atoms with van der Waals surface area (Å²) < 4.78 is 5.88. The fourth-order valence-electron chi connectivity index (χ4n) is 3.42. The Kier molecular flexibility index (Phi) is 5.19. The molecule has 1 aliphatic rings. The summed E-state index contributed by atoms with van der Waals surface area (Å²) in [5.41, 5.74) is 3.61. The van der Waals surface area contributed by atoms with Gasteiger partial charge in [-0.3, -0.25) is 4.79 Å². The van der Waals surface area contributed by atoms with E-state index in [-0.39, 0.29) is 5.78 Å². The van der Waals surface area contributed by atoms with Crippen LogP contribution < -0.4 is 9.64 Å². The molecule has 126 valence electrons. The van der Waals surface area contributed by atoms with Crippen molar-refractivity contribution in [1.82, 2.24) is 0 Å². The highest BCUT2D eigenvalue weighted by atomic mass is 16.5. The van der Waals surface area contributed by atoms with E-state index >= 15 is 0 Å². The normalized spacial score (nSPS) is 17.1. The van der Waals surface area contributed by atoms with E-state index in [2.05, 4.69) is 48.2 Å². The van der Waals surface area contributed by atoms with Gasteiger partial charge < -0.3 is 9.64 Å². The van der Waals surface area contributed by atoms with E-state index in [0.29, 0.717) is 19.1 Å². The Morgan fingerprint density at radius 2 is 2.00 bits per heavy atom. The van der Waals surface area contributed by atoms with Gasteiger partial charge in [-0.2, -0.15) is 0 Å². The second kappa shape index (κ2) is 7.52. The molecule has 1 saturated heterocycles. The van der Waals surface area contributed by atoms with Gasteiger partial charge in [-0.1, -0.05) is 29.8 Å². The molecule has 2 aromatic rings. The maximum Gasteiger partial charge on any atom is 0.131 e. The number of ether oxygens (including phenoxy) is 1. The summed E-state index contributed by atoms with van der Waals surface area (Å²) in [5, 5.41) is 0. The average Bonchev–Trinajstić information content (AvgIpc) is 3.01. The van der Waals surface area contributed by atoms with Crippen LogP contribution in [0, 0.1) is 6.92 Å². The third-order valence-electron chi connectivity index (χ3n) is 4.56. The van der Waals surface area contributed by atoms with Crippen molar-refractivity contribution in [1.29, 1.82) is 0 Å². The minimum absolute atomic E-state index is 0.269. The predicted molar refractivity (Wildman–Crippen MR) is 97.6 cm³/mol. The van der Waals surface area contributed by atoms with Crippen molar-refractivity contribution in [3.8, 4) is 5.75 Å². The summed E-state index contributed by atoms with van der Waals surface area (Å²) in [6.45, 7) is 5.38. The van der Waals surface area contributed by atoms with Crippen molar-refractivity contribution in [3.63, 3.8) is 0 Å². The summed E-state index contributed by atoms with van der Waals surface area (Å²) >= 11 is 0. The number of aryl methyl sites for hydroxylation is 1. The summed E-state index contributed by atoms with van der Waals surface area (Å²) in [7, 11) is 0. The van der Waals surface area contributed by atoms with Crippen molar-refractivity contribution in [3.05, 3.63) is 59.7 Å². The first-order valence-electron chi connectivity index (χ1n) is 8.66. The van der Waals surface area contributed by atoms with Crippen LogP contribution in [0.3, 0.4) is 0 Å². The number of nitrogens with zero attached hydrogens (tertiary/aromatic N) is 1. The summed E-state index contributed by atoms with van der Waals surface area (Å²) in [6.07, 6.45) is 2.90. The maximum absolute atomic E-state index is 11.4. The topological polar surface area (TPSA) is 29.5 Å². The Balaban J connectivity index is 1.61. The third-order valence-corrected chi connectivity index (χ3v) is 4.56. The first-order chi connectivity index (χ1) is 11.6. The minimum atomic E-state index is 0.269. The van der Waals surface area contributed by atoms with E-state index in [9.17, 15) is 4.79 Å². The lowest BCUT2D eigenvalue weighted by Gasteiger charge is -2.26. The maximum atomic E-state index is 11.4. The molecule has 0 bridgehead atoms. The van der Waals surface area contributed by atoms with Crippen LogP contribution in [-0.4, -0.2) is 18.4 Å². The quantitative estimate of drug-likeness (QED) is 0.782. The zero-order chi connectivity index (χ0) is 16.9. The van der Waals surface area contributed by atoms with Gasteiger partial charge in [0.25, 0.3) is 0 Å². The molecule has 24 heavy (non-hydrogen) atoms. The van der Waals surface area contributed by atoms with Crippen LogP contribution in [0.1, 0.15) is 37.3 Å². The van der Waals surface area contributed by atoms with Gasteiger partial charge in [-0.05, 0) is 56.5 Å². The molecule has 2 aromatic carbocycles. The number of Topliss-reactive ketones (excluding diaryl/α,β-unsaturated/α-hetero) is 1. The minimum Gasteiger partial charge on any atom is -0.489 e. The molecule has 0 radical (unpaired) electrons. The van der Waals surface area contributed by atoms with Crippen LogP contribution in [0.25, 0.3) is 0 Å². The second-order valence-corrected chi connectivity index (χ2v) is 6.67. The summed E-state index contributed by atoms with van der Waals surface area (Å²) in [6, 6.07) is 17.0. The van der Waals surface area contributed by atoms with E-state index in [1.54, 1.807) is 6.92 Å². The molecule has 1 atom stereocenters. The van der Waals surface area contributed by atoms with Gasteiger partial charge in [0.1, 0.15) is 18.1 Å². The van der Waals surface area contributed by atoms with E-state index in [1.165, 1.54) is 16.8 Å². The lowest BCUT2D eigenvalue weighted by molar-refractivity contribution is -0.117. The van der Waals surface area contributed by atoms with Crippen molar-refractivity contribution in [2.75, 3.05) is 11.4 Å². The fourth-order valence-corrected chi connectivity index (χ4v) is 3.42. The van der Waals surface area contributed by atoms with E-state index in [0.717, 1.165) is 25.1 Å². The Morgan fingerprint density at radius 1 is 1.21 bits per heavy atom. The molecule has 0 spiro atoms. The third kappa shape index (κ3) is 4.16. The molecular weight excluding hydrogens is 298 g/mol. The van der Waals surface area contributed by atoms with Crippen LogP contribution >= 0.6 is 0 Å². The Morgan fingerprint density at radius 3 is 2.71 bits per heavy atom. The van der Waals surface area contributed by atoms with Gasteiger partial charge in [0.15, 0.2) is 0 Å². The number of carbonyl (C=O) groups excluding carboxylic acids is 1. The van der Waals surface area contributed by atoms with Crippen LogP contribution in [0.2, 0.25) is 0 Å². The zero-order valence-electron chi connectivity index (χ0n) is 14.5. The van der Waals surface area contributed by atoms with Gasteiger partial charge in [-0.25, -0.2) is 0 Å². The molecular formula is C21H25NO2. The van der Waals surface area contributed by atoms with E-state index < -0.39 is 0 Å². The SMILES string of the molecule is CC(=O)CC1CCCN1c1ccc(OCc2cccc(C)c2)cc1. The van der Waals surface area contributed by atoms with E-state index in [4.69, 9.17) is 4.74 Å². The lowest BCUT2D eigenvalue weighted by Crippen LogP contribution is -2.30. The predicted octanol–water partition coefficient (Wildman–Crippen LogP) is 4.52. The van der Waals surface area contributed by atoms with Crippen molar-refractivity contribution in [2.24, 2.45) is 0 Å². The molecule has 3 heteroatoms. The molecule has 0 amide bonds. The Bertz CT molecular complexity index is 693. The molecule has 1 fully saturated rings. The fraction of sp³-hybridized carbons (Fsp3) is 0.381. The summed E-state index contributed by atoms with van der Waals surface area (Å²) in [5.74, 6) is 1.15. The molecule has 1 heterocycles. The van der Waals surface area contributed by atoms with Crippen molar-refractivity contribution < 1.29 is 9.53 Å². The molecule has 0 aromatic heterocycles. The highest BCUT2D eigenvalue weighted by Crippen LogP contribution is 2.29. The van der Waals surface area contributed by atoms with Crippen LogP contribution in [0.5, 0.6) is 5.75 Å². The highest BCUT2D eigenvalue weighted by Gasteiger charge is 2.25. The van der Waals surface area contributed by atoms with Crippen LogP contribution in [0.15, 0.2) is 48.5 Å². The van der Waals surface area contributed by atoms with Gasteiger partial charge >= 0.3 is 0 Å². The number of benzene rings is 2. The molecule has 1 aliphatic heterocycles. The molecule has 3 nitrogen and oxygen atoms in total. The first kappa shape index (κ1) is 16.6. The standard InChI is InChI=1S/C21H25NO2/c1-16-5-3-6-18(13-16)15-24-21-10-8-19(9-11-21)22-12-4-7-20(22)14-17(2)23/h3,5-6,8-11,13,20H,4,7,12,14-15H2,1-2H3. The number of rotatable bonds is 6. The smallest absolute Gasteiger partial charge is 0.131 e. The zero-order valence-corrected chi connectivity index (χ0v) is 14.5. The molecule has 3 rings (SSSR count). The summed E-state index contributed by atoms with van der Waals surface area (Å²) in [4.78, 5) is 13.8. The Labute approximate surface area is 144 Å². The van der Waals surface area contributed by atoms with Crippen LogP contribution in [-0.2, 0) is 11.4 Å². The van der Waals surface area contributed by atoms with Gasteiger partial charge in [0.05, 0.1) is 0 Å². The largest absolute Gasteiger partial charge is 0.489 e. The molecule has 1 unspecified atom stereocenters. The number of anilines is 1. The molecule has 0 aliphatic carbocycles. The molecule has 0 saturated carbocycles. The van der Waals surface area contributed by atoms with Crippen LogP contribution in [0.4, 0.5) is 5.69 Å². The van der Waals surface area contributed by atoms with Gasteiger partial charge in [0, 0.05) is 24.7 Å². The number of hydrogen-bond donors (Lipinski definition) is 0. The van der Waals surface area contributed by atoms with Crippen molar-refractivity contribution in [2.45, 2.75) is 45.8 Å². The van der Waals surface area contributed by atoms with Gasteiger partial charge in [-0.15, -0.1) is 0 Å². The van der Waals surface area contributed by atoms with Crippen molar-refractivity contribution >= 4 is 11.5 Å². The monoisotopic (exact) mass is 323 g/mol. The van der Waals surface area contributed by atoms with Gasteiger partial charge in [0.2, 0.25) is 0 Å². The van der Waals surface area contributed by atoms with E-state index in [1.807, 2.05) is 12.1 Å². The lowest BCUT2D eigenvalue weighted by atomic mass is 10.1. The molecule has 0 N–H and O–H groups in total. The number of carbonyl (C=O) groups is 1. The Hall–Kier alpha value is -2.29. The number of ketones is 1.